The van der Waals surface area contributed by atoms with E-state index in [0.29, 0.717) is 0 Å². The van der Waals surface area contributed by atoms with Crippen molar-refractivity contribution in [1.29, 1.82) is 0 Å². The molecule has 44 heavy (non-hydrogen) atoms. The van der Waals surface area contributed by atoms with Gasteiger partial charge >= 0.3 is 0 Å². The number of hydrogen-bond acceptors (Lipinski definition) is 2. The minimum absolute atomic E-state index is 0.0403. The Balaban J connectivity index is 1.02. The highest BCUT2D eigenvalue weighted by Gasteiger charge is 2.58. The van der Waals surface area contributed by atoms with E-state index < -0.39 is 0 Å². The SMILES string of the molecule is O=C(c1ccccc1)N(C1CCC(N(C(=O)c2ccccc2)C23CC4CC(CC(C4)C2)C3)CC1)C12CC3CC(CC(C3)C1)C2. The quantitative estimate of drug-likeness (QED) is 0.338. The summed E-state index contributed by atoms with van der Waals surface area (Å²) < 4.78 is 0. The molecule has 2 aromatic rings. The first-order valence-electron chi connectivity index (χ1n) is 18.2. The molecule has 0 atom stereocenters. The number of carbonyl (C=O) groups is 2. The standard InChI is InChI=1S/C40H50N2O2/c43-37(33-7-3-1-4-8-33)41(39-21-27-15-28(22-39)17-29(16-27)23-39)35-11-13-36(14-12-35)42(38(44)34-9-5-2-6-10-34)40-24-30-18-31(25-40)20-32(19-30)26-40/h1-10,27-32,35-36H,11-26H2. The predicted octanol–water partition coefficient (Wildman–Crippen LogP) is 8.52. The van der Waals surface area contributed by atoms with Gasteiger partial charge in [0.25, 0.3) is 11.8 Å². The Kier molecular flexibility index (Phi) is 6.58. The van der Waals surface area contributed by atoms with Crippen molar-refractivity contribution in [1.82, 2.24) is 9.80 Å². The Morgan fingerprint density at radius 1 is 0.455 bits per heavy atom. The Morgan fingerprint density at radius 2 is 0.727 bits per heavy atom. The van der Waals surface area contributed by atoms with Crippen molar-refractivity contribution < 1.29 is 9.59 Å². The number of benzene rings is 2. The van der Waals surface area contributed by atoms with Crippen molar-refractivity contribution in [2.75, 3.05) is 0 Å². The largest absolute Gasteiger partial charge is 0.330 e. The van der Waals surface area contributed by atoms with E-state index in [9.17, 15) is 9.59 Å². The molecule has 2 amide bonds. The molecule has 9 aliphatic rings. The van der Waals surface area contributed by atoms with Gasteiger partial charge in [0.05, 0.1) is 0 Å². The van der Waals surface area contributed by atoms with E-state index in [-0.39, 0.29) is 35.0 Å². The first-order chi connectivity index (χ1) is 21.5. The molecular formula is C40H50N2O2. The van der Waals surface area contributed by atoms with Crippen LogP contribution in [-0.4, -0.2) is 44.8 Å². The van der Waals surface area contributed by atoms with Gasteiger partial charge in [-0.3, -0.25) is 9.59 Å². The van der Waals surface area contributed by atoms with E-state index >= 15 is 0 Å². The lowest BCUT2D eigenvalue weighted by molar-refractivity contribution is -0.106. The van der Waals surface area contributed by atoms with Crippen molar-refractivity contribution in [2.24, 2.45) is 35.5 Å². The molecule has 0 spiro atoms. The van der Waals surface area contributed by atoms with Gasteiger partial charge < -0.3 is 9.80 Å². The van der Waals surface area contributed by atoms with Gasteiger partial charge in [0.1, 0.15) is 0 Å². The Bertz CT molecular complexity index is 1210. The van der Waals surface area contributed by atoms with Crippen LogP contribution in [0.3, 0.4) is 0 Å². The van der Waals surface area contributed by atoms with Gasteiger partial charge in [-0.1, -0.05) is 36.4 Å². The first-order valence-corrected chi connectivity index (χ1v) is 18.2. The summed E-state index contributed by atoms with van der Waals surface area (Å²) in [5.74, 6) is 5.37. The first kappa shape index (κ1) is 27.7. The minimum Gasteiger partial charge on any atom is -0.330 e. The highest BCUT2D eigenvalue weighted by atomic mass is 16.2. The molecule has 0 unspecified atom stereocenters. The van der Waals surface area contributed by atoms with Crippen LogP contribution in [0, 0.1) is 35.5 Å². The summed E-state index contributed by atoms with van der Waals surface area (Å²) in [5, 5.41) is 0. The third-order valence-electron chi connectivity index (χ3n) is 13.9. The van der Waals surface area contributed by atoms with Crippen molar-refractivity contribution >= 4 is 11.8 Å². The molecule has 8 bridgehead atoms. The molecular weight excluding hydrogens is 540 g/mol. The summed E-state index contributed by atoms with van der Waals surface area (Å²) in [7, 11) is 0. The second-order valence-corrected chi connectivity index (χ2v) is 16.8. The van der Waals surface area contributed by atoms with Crippen LogP contribution in [0.5, 0.6) is 0 Å². The number of hydrogen-bond donors (Lipinski definition) is 0. The van der Waals surface area contributed by atoms with E-state index in [1.807, 2.05) is 60.7 Å². The lowest BCUT2D eigenvalue weighted by Crippen LogP contribution is -2.66. The molecule has 0 aliphatic heterocycles. The zero-order valence-electron chi connectivity index (χ0n) is 26.4. The normalized spacial score (nSPS) is 41.5. The summed E-state index contributed by atoms with van der Waals surface area (Å²) in [5.41, 5.74) is 1.80. The molecule has 4 nitrogen and oxygen atoms in total. The van der Waals surface area contributed by atoms with Gasteiger partial charge in [0.2, 0.25) is 0 Å². The van der Waals surface area contributed by atoms with Crippen LogP contribution in [0.4, 0.5) is 0 Å². The molecule has 9 aliphatic carbocycles. The summed E-state index contributed by atoms with van der Waals surface area (Å²) in [4.78, 5) is 34.1. The van der Waals surface area contributed by atoms with Crippen LogP contribution in [0.2, 0.25) is 0 Å². The van der Waals surface area contributed by atoms with Crippen LogP contribution in [-0.2, 0) is 0 Å². The molecule has 4 heteroatoms. The van der Waals surface area contributed by atoms with E-state index in [1.165, 1.54) is 77.0 Å². The monoisotopic (exact) mass is 590 g/mol. The third-order valence-corrected chi connectivity index (χ3v) is 13.9. The maximum Gasteiger partial charge on any atom is 0.254 e. The van der Waals surface area contributed by atoms with E-state index in [1.54, 1.807) is 0 Å². The second-order valence-electron chi connectivity index (χ2n) is 16.8. The van der Waals surface area contributed by atoms with E-state index in [4.69, 9.17) is 0 Å². The smallest absolute Gasteiger partial charge is 0.254 e. The van der Waals surface area contributed by atoms with Crippen LogP contribution < -0.4 is 0 Å². The number of rotatable bonds is 6. The van der Waals surface area contributed by atoms with Crippen LogP contribution in [0.1, 0.15) is 123 Å². The van der Waals surface area contributed by atoms with E-state index in [2.05, 4.69) is 9.80 Å². The summed E-state index contributed by atoms with van der Waals surface area (Å²) in [6.45, 7) is 0. The molecule has 0 radical (unpaired) electrons. The highest BCUT2D eigenvalue weighted by molar-refractivity contribution is 5.95. The van der Waals surface area contributed by atoms with Crippen LogP contribution in [0.25, 0.3) is 0 Å². The van der Waals surface area contributed by atoms with Crippen molar-refractivity contribution in [3.63, 3.8) is 0 Å². The fourth-order valence-corrected chi connectivity index (χ4v) is 13.3. The Morgan fingerprint density at radius 3 is 1.00 bits per heavy atom. The second kappa shape index (κ2) is 10.5. The summed E-state index contributed by atoms with van der Waals surface area (Å²) in [6, 6.07) is 20.9. The van der Waals surface area contributed by atoms with Gasteiger partial charge in [-0.25, -0.2) is 0 Å². The fourth-order valence-electron chi connectivity index (χ4n) is 13.3. The Hall–Kier alpha value is -2.62. The molecule has 0 aromatic heterocycles. The van der Waals surface area contributed by atoms with Crippen molar-refractivity contribution in [3.05, 3.63) is 71.8 Å². The van der Waals surface area contributed by atoms with Gasteiger partial charge in [0, 0.05) is 34.3 Å². The van der Waals surface area contributed by atoms with Crippen molar-refractivity contribution in [2.45, 2.75) is 126 Å². The van der Waals surface area contributed by atoms with Crippen LogP contribution in [0.15, 0.2) is 60.7 Å². The van der Waals surface area contributed by atoms with Gasteiger partial charge in [0.15, 0.2) is 0 Å². The summed E-state index contributed by atoms with van der Waals surface area (Å²) >= 11 is 0. The zero-order valence-corrected chi connectivity index (χ0v) is 26.4. The fraction of sp³-hybridized carbons (Fsp3) is 0.650. The topological polar surface area (TPSA) is 40.6 Å². The molecule has 11 rings (SSSR count). The maximum absolute atomic E-state index is 14.6. The lowest BCUT2D eigenvalue weighted by Gasteiger charge is -2.63. The molecule has 2 aromatic carbocycles. The van der Waals surface area contributed by atoms with Gasteiger partial charge in [-0.2, -0.15) is 0 Å². The van der Waals surface area contributed by atoms with Crippen molar-refractivity contribution in [3.8, 4) is 0 Å². The molecule has 9 saturated carbocycles. The molecule has 0 N–H and O–H groups in total. The highest BCUT2D eigenvalue weighted by Crippen LogP contribution is 2.61. The predicted molar refractivity (Wildman–Crippen MR) is 173 cm³/mol. The zero-order chi connectivity index (χ0) is 29.5. The van der Waals surface area contributed by atoms with Gasteiger partial charge in [-0.15, -0.1) is 0 Å². The number of nitrogens with zero attached hydrogens (tertiary/aromatic N) is 2. The van der Waals surface area contributed by atoms with Crippen LogP contribution >= 0.6 is 0 Å². The third kappa shape index (κ3) is 4.51. The molecule has 0 saturated heterocycles. The molecule has 9 fully saturated rings. The van der Waals surface area contributed by atoms with Gasteiger partial charge in [-0.05, 0) is 163 Å². The van der Waals surface area contributed by atoms with E-state index in [0.717, 1.165) is 72.3 Å². The molecule has 232 valence electrons. The maximum atomic E-state index is 14.6. The summed E-state index contributed by atoms with van der Waals surface area (Å²) in [6.07, 6.45) is 19.7. The number of amides is 2. The Labute approximate surface area is 264 Å². The average Bonchev–Trinajstić information content (AvgIpc) is 3.01. The lowest BCUT2D eigenvalue weighted by atomic mass is 9.52. The minimum atomic E-state index is 0.0403. The number of carbonyl (C=O) groups excluding carboxylic acids is 2. The molecule has 0 heterocycles. The average molecular weight is 591 g/mol.